The summed E-state index contributed by atoms with van der Waals surface area (Å²) in [6.07, 6.45) is -0.654. The van der Waals surface area contributed by atoms with Crippen LogP contribution < -0.4 is 10.6 Å². The fraction of sp³-hybridized carbons (Fsp3) is 0.130. The first-order chi connectivity index (χ1) is 15.3. The molecule has 0 saturated carbocycles. The van der Waals surface area contributed by atoms with Gasteiger partial charge in [-0.3, -0.25) is 4.79 Å². The summed E-state index contributed by atoms with van der Waals surface area (Å²) in [5.41, 5.74) is 1.53. The summed E-state index contributed by atoms with van der Waals surface area (Å²) in [5, 5.41) is 15.1. The van der Waals surface area contributed by atoms with Crippen LogP contribution in [0.5, 0.6) is 5.75 Å². The molecule has 0 aromatic heterocycles. The number of para-hydroxylation sites is 1. The average molecular weight is 660 g/mol. The molecule has 0 unspecified atom stereocenters. The quantitative estimate of drug-likeness (QED) is 0.304. The maximum absolute atomic E-state index is 14.0. The Kier molecular flexibility index (Phi) is 8.67. The van der Waals surface area contributed by atoms with Crippen LogP contribution in [0.1, 0.15) is 11.1 Å². The Morgan fingerprint density at radius 1 is 0.969 bits per heavy atom. The predicted molar refractivity (Wildman–Crippen MR) is 136 cm³/mol. The SMILES string of the molecule is O=C(N[C@@H](Cc1cc(I)c(O)c(I)c1)C(=O)Nc1ccccc1F)OCc1ccccc1. The van der Waals surface area contributed by atoms with Crippen LogP contribution in [0.15, 0.2) is 66.7 Å². The van der Waals surface area contributed by atoms with Gasteiger partial charge in [0.2, 0.25) is 5.91 Å². The van der Waals surface area contributed by atoms with E-state index >= 15 is 0 Å². The van der Waals surface area contributed by atoms with Crippen LogP contribution >= 0.6 is 45.2 Å². The smallest absolute Gasteiger partial charge is 0.408 e. The molecule has 1 atom stereocenters. The second-order valence-corrected chi connectivity index (χ2v) is 9.16. The van der Waals surface area contributed by atoms with Gasteiger partial charge in [-0.15, -0.1) is 0 Å². The maximum atomic E-state index is 14.0. The summed E-state index contributed by atoms with van der Waals surface area (Å²) in [4.78, 5) is 25.3. The highest BCUT2D eigenvalue weighted by atomic mass is 127. The van der Waals surface area contributed by atoms with E-state index in [9.17, 15) is 19.1 Å². The first-order valence-electron chi connectivity index (χ1n) is 9.53. The Labute approximate surface area is 211 Å². The van der Waals surface area contributed by atoms with Gasteiger partial charge in [-0.25, -0.2) is 9.18 Å². The number of benzene rings is 3. The van der Waals surface area contributed by atoms with Crippen LogP contribution in [0.4, 0.5) is 14.9 Å². The van der Waals surface area contributed by atoms with E-state index in [2.05, 4.69) is 10.6 Å². The van der Waals surface area contributed by atoms with Crippen molar-refractivity contribution in [3.05, 3.63) is 90.8 Å². The highest BCUT2D eigenvalue weighted by Crippen LogP contribution is 2.28. The summed E-state index contributed by atoms with van der Waals surface area (Å²) in [7, 11) is 0. The molecule has 0 bridgehead atoms. The minimum atomic E-state index is -1.03. The highest BCUT2D eigenvalue weighted by Gasteiger charge is 2.24. The molecule has 3 aromatic carbocycles. The minimum Gasteiger partial charge on any atom is -0.506 e. The Balaban J connectivity index is 1.75. The summed E-state index contributed by atoms with van der Waals surface area (Å²) < 4.78 is 20.5. The molecule has 0 radical (unpaired) electrons. The Hall–Kier alpha value is -2.41. The second kappa shape index (κ2) is 11.5. The number of anilines is 1. The van der Waals surface area contributed by atoms with Crippen LogP contribution in [0, 0.1) is 13.0 Å². The average Bonchev–Trinajstić information content (AvgIpc) is 2.78. The number of halogens is 3. The molecule has 0 aliphatic rings. The lowest BCUT2D eigenvalue weighted by molar-refractivity contribution is -0.118. The van der Waals surface area contributed by atoms with Gasteiger partial charge in [-0.1, -0.05) is 42.5 Å². The largest absolute Gasteiger partial charge is 0.506 e. The van der Waals surface area contributed by atoms with E-state index in [1.807, 2.05) is 75.5 Å². The van der Waals surface area contributed by atoms with Gasteiger partial charge in [0.25, 0.3) is 0 Å². The van der Waals surface area contributed by atoms with Crippen LogP contribution in [0.25, 0.3) is 0 Å². The molecular formula is C23H19FI2N2O4. The van der Waals surface area contributed by atoms with Gasteiger partial charge in [0.05, 0.1) is 12.8 Å². The van der Waals surface area contributed by atoms with E-state index in [1.165, 1.54) is 18.2 Å². The van der Waals surface area contributed by atoms with Gasteiger partial charge in [0, 0.05) is 6.42 Å². The van der Waals surface area contributed by atoms with Crippen LogP contribution in [-0.4, -0.2) is 23.1 Å². The number of hydrogen-bond donors (Lipinski definition) is 3. The van der Waals surface area contributed by atoms with Gasteiger partial charge in [0.15, 0.2) is 0 Å². The lowest BCUT2D eigenvalue weighted by Gasteiger charge is -2.19. The molecule has 9 heteroatoms. The number of carbonyl (C=O) groups excluding carboxylic acids is 2. The van der Waals surface area contributed by atoms with Crippen molar-refractivity contribution in [1.29, 1.82) is 0 Å². The van der Waals surface area contributed by atoms with Gasteiger partial charge in [-0.05, 0) is 80.6 Å². The molecule has 3 N–H and O–H groups in total. The summed E-state index contributed by atoms with van der Waals surface area (Å²) in [6.45, 7) is 0.0450. The van der Waals surface area contributed by atoms with Crippen molar-refractivity contribution in [1.82, 2.24) is 5.32 Å². The number of nitrogens with one attached hydrogen (secondary N) is 2. The Morgan fingerprint density at radius 2 is 1.59 bits per heavy atom. The fourth-order valence-electron chi connectivity index (χ4n) is 2.87. The molecule has 0 aliphatic carbocycles. The van der Waals surface area contributed by atoms with Crippen molar-refractivity contribution in [2.75, 3.05) is 5.32 Å². The molecule has 3 rings (SSSR count). The number of phenolic OH excluding ortho intramolecular Hbond substituents is 1. The number of alkyl carbamates (subject to hydrolysis) is 1. The van der Waals surface area contributed by atoms with E-state index in [0.717, 1.165) is 5.56 Å². The topological polar surface area (TPSA) is 87.7 Å². The summed E-state index contributed by atoms with van der Waals surface area (Å²) >= 11 is 3.98. The van der Waals surface area contributed by atoms with E-state index in [1.54, 1.807) is 18.2 Å². The molecule has 0 heterocycles. The van der Waals surface area contributed by atoms with Crippen molar-refractivity contribution in [3.63, 3.8) is 0 Å². The monoisotopic (exact) mass is 660 g/mol. The predicted octanol–water partition coefficient (Wildman–Crippen LogP) is 5.22. The summed E-state index contributed by atoms with van der Waals surface area (Å²) in [6, 6.07) is 17.3. The number of amides is 2. The van der Waals surface area contributed by atoms with Crippen LogP contribution in [-0.2, 0) is 22.6 Å². The fourth-order valence-corrected chi connectivity index (χ4v) is 4.77. The third-order valence-electron chi connectivity index (χ3n) is 4.47. The third kappa shape index (κ3) is 6.79. The first-order valence-corrected chi connectivity index (χ1v) is 11.7. The van der Waals surface area contributed by atoms with E-state index in [0.29, 0.717) is 12.7 Å². The molecule has 0 fully saturated rings. The van der Waals surface area contributed by atoms with Crippen molar-refractivity contribution in [3.8, 4) is 5.75 Å². The Bertz CT molecular complexity index is 1090. The molecule has 6 nitrogen and oxygen atoms in total. The summed E-state index contributed by atoms with van der Waals surface area (Å²) in [5.74, 6) is -1.03. The zero-order valence-electron chi connectivity index (χ0n) is 16.6. The molecule has 3 aromatic rings. The standard InChI is InChI=1S/C23H19FI2N2O4/c24-16-8-4-5-9-19(16)27-22(30)20(12-15-10-17(25)21(29)18(26)11-15)28-23(31)32-13-14-6-2-1-3-7-14/h1-11,20,29H,12-13H2,(H,27,30)(H,28,31)/t20-/m0/s1. The number of rotatable bonds is 7. The van der Waals surface area contributed by atoms with E-state index < -0.39 is 23.9 Å². The second-order valence-electron chi connectivity index (χ2n) is 6.84. The van der Waals surface area contributed by atoms with Gasteiger partial charge < -0.3 is 20.5 Å². The molecule has 32 heavy (non-hydrogen) atoms. The number of hydrogen-bond acceptors (Lipinski definition) is 4. The molecule has 0 spiro atoms. The zero-order valence-corrected chi connectivity index (χ0v) is 21.0. The number of aromatic hydroxyl groups is 1. The van der Waals surface area contributed by atoms with E-state index in [4.69, 9.17) is 4.74 Å². The van der Waals surface area contributed by atoms with Crippen molar-refractivity contribution < 1.29 is 23.8 Å². The van der Waals surface area contributed by atoms with Crippen molar-refractivity contribution in [2.24, 2.45) is 0 Å². The number of ether oxygens (including phenoxy) is 1. The normalized spacial score (nSPS) is 11.5. The van der Waals surface area contributed by atoms with Crippen molar-refractivity contribution >= 4 is 62.9 Å². The molecule has 2 amide bonds. The number of carbonyl (C=O) groups is 2. The highest BCUT2D eigenvalue weighted by molar-refractivity contribution is 14.1. The third-order valence-corrected chi connectivity index (χ3v) is 6.11. The lowest BCUT2D eigenvalue weighted by atomic mass is 10.0. The van der Waals surface area contributed by atoms with Crippen LogP contribution in [0.3, 0.4) is 0 Å². The molecular weight excluding hydrogens is 641 g/mol. The van der Waals surface area contributed by atoms with E-state index in [-0.39, 0.29) is 24.5 Å². The molecule has 166 valence electrons. The van der Waals surface area contributed by atoms with Crippen LogP contribution in [0.2, 0.25) is 0 Å². The Morgan fingerprint density at radius 3 is 2.25 bits per heavy atom. The van der Waals surface area contributed by atoms with Gasteiger partial charge in [-0.2, -0.15) is 0 Å². The minimum absolute atomic E-state index is 0.0109. The zero-order chi connectivity index (χ0) is 23.1. The lowest BCUT2D eigenvalue weighted by Crippen LogP contribution is -2.45. The molecule has 0 aliphatic heterocycles. The number of phenols is 1. The van der Waals surface area contributed by atoms with Crippen molar-refractivity contribution in [2.45, 2.75) is 19.1 Å². The van der Waals surface area contributed by atoms with Gasteiger partial charge >= 0.3 is 6.09 Å². The maximum Gasteiger partial charge on any atom is 0.408 e. The first kappa shape index (κ1) is 24.2. The van der Waals surface area contributed by atoms with Gasteiger partial charge in [0.1, 0.15) is 24.2 Å². The molecule has 0 saturated heterocycles.